The summed E-state index contributed by atoms with van der Waals surface area (Å²) in [6.45, 7) is 1.24. The van der Waals surface area contributed by atoms with E-state index in [0.29, 0.717) is 16.8 Å². The van der Waals surface area contributed by atoms with Crippen LogP contribution < -0.4 is 5.11 Å². The second-order valence-corrected chi connectivity index (χ2v) is 5.83. The number of pyridine rings is 2. The zero-order chi connectivity index (χ0) is 21.6. The van der Waals surface area contributed by atoms with E-state index in [4.69, 9.17) is 0 Å². The Morgan fingerprint density at radius 2 is 1.52 bits per heavy atom. The fourth-order valence-electron chi connectivity index (χ4n) is 2.52. The largest absolute Gasteiger partial charge is 0.858 e. The van der Waals surface area contributed by atoms with Gasteiger partial charge in [-0.3, -0.25) is 14.8 Å². The van der Waals surface area contributed by atoms with Crippen LogP contribution in [0.15, 0.2) is 36.7 Å². The first-order valence-corrected chi connectivity index (χ1v) is 7.78. The van der Waals surface area contributed by atoms with E-state index >= 15 is 0 Å². The summed E-state index contributed by atoms with van der Waals surface area (Å²) in [5.41, 5.74) is -4.09. The van der Waals surface area contributed by atoms with Gasteiger partial charge < -0.3 is 5.11 Å². The molecule has 0 amide bonds. The topological polar surface area (TPSA) is 83.7 Å². The zero-order valence-electron chi connectivity index (χ0n) is 14.3. The van der Waals surface area contributed by atoms with E-state index in [1.807, 2.05) is 0 Å². The number of carbonyl (C=O) groups excluding carboxylic acids is 1. The van der Waals surface area contributed by atoms with E-state index in [-0.39, 0.29) is 11.4 Å². The van der Waals surface area contributed by atoms with E-state index in [1.165, 1.54) is 6.92 Å². The SMILES string of the molecule is Cc1nn(-c2ccnc(C(F)(F)F)c2)c([O-])c1C(=O)c1ccnc(C(F)(F)F)c1. The molecule has 0 aliphatic heterocycles. The first-order valence-electron chi connectivity index (χ1n) is 7.78. The molecule has 0 spiro atoms. The van der Waals surface area contributed by atoms with Gasteiger partial charge in [-0.2, -0.15) is 31.4 Å². The van der Waals surface area contributed by atoms with Gasteiger partial charge in [0.15, 0.2) is 5.78 Å². The highest BCUT2D eigenvalue weighted by molar-refractivity contribution is 6.11. The molecule has 0 unspecified atom stereocenters. The minimum atomic E-state index is -4.80. The van der Waals surface area contributed by atoms with Crippen LogP contribution in [-0.4, -0.2) is 25.5 Å². The van der Waals surface area contributed by atoms with Crippen LogP contribution in [0, 0.1) is 6.92 Å². The Labute approximate surface area is 158 Å². The summed E-state index contributed by atoms with van der Waals surface area (Å²) in [5, 5.41) is 16.4. The molecule has 3 aromatic rings. The van der Waals surface area contributed by atoms with Crippen molar-refractivity contribution in [2.75, 3.05) is 0 Å². The van der Waals surface area contributed by atoms with Gasteiger partial charge in [0.05, 0.1) is 16.9 Å². The van der Waals surface area contributed by atoms with Gasteiger partial charge in [0.1, 0.15) is 11.4 Å². The van der Waals surface area contributed by atoms with Gasteiger partial charge in [-0.15, -0.1) is 0 Å². The van der Waals surface area contributed by atoms with Gasteiger partial charge in [-0.1, -0.05) is 0 Å². The second kappa shape index (κ2) is 6.87. The lowest BCUT2D eigenvalue weighted by molar-refractivity contribution is -0.278. The molecule has 3 rings (SSSR count). The Morgan fingerprint density at radius 1 is 0.966 bits per heavy atom. The maximum absolute atomic E-state index is 12.8. The molecule has 0 aromatic carbocycles. The maximum Gasteiger partial charge on any atom is 0.433 e. The average Bonchev–Trinajstić information content (AvgIpc) is 2.94. The lowest BCUT2D eigenvalue weighted by Crippen LogP contribution is -2.13. The Balaban J connectivity index is 2.06. The predicted molar refractivity (Wildman–Crippen MR) is 83.2 cm³/mol. The van der Waals surface area contributed by atoms with Crippen LogP contribution in [0.3, 0.4) is 0 Å². The molecule has 0 N–H and O–H groups in total. The number of carbonyl (C=O) groups is 1. The molecule has 3 aromatic heterocycles. The third kappa shape index (κ3) is 3.91. The molecule has 0 aliphatic carbocycles. The number of halogens is 6. The number of hydrogen-bond acceptors (Lipinski definition) is 5. The molecule has 29 heavy (non-hydrogen) atoms. The minimum Gasteiger partial charge on any atom is -0.858 e. The van der Waals surface area contributed by atoms with Crippen LogP contribution in [0.2, 0.25) is 0 Å². The third-order valence-corrected chi connectivity index (χ3v) is 3.84. The van der Waals surface area contributed by atoms with Gasteiger partial charge in [-0.05, 0) is 31.2 Å². The van der Waals surface area contributed by atoms with Gasteiger partial charge in [0.2, 0.25) is 0 Å². The zero-order valence-corrected chi connectivity index (χ0v) is 14.3. The lowest BCUT2D eigenvalue weighted by Gasteiger charge is -2.14. The van der Waals surface area contributed by atoms with Crippen molar-refractivity contribution in [2.24, 2.45) is 0 Å². The summed E-state index contributed by atoms with van der Waals surface area (Å²) in [7, 11) is 0. The molecule has 0 fully saturated rings. The molecule has 0 saturated carbocycles. The molecule has 12 heteroatoms. The third-order valence-electron chi connectivity index (χ3n) is 3.84. The standard InChI is InChI=1S/C17H10F6N4O2/c1-8-13(14(28)9-2-4-24-11(6-9)16(18,19)20)15(29)27(26-8)10-3-5-25-12(7-10)17(21,22)23/h2-7,29H,1H3/p-1. The molecule has 0 saturated heterocycles. The van der Waals surface area contributed by atoms with Crippen LogP contribution in [0.1, 0.15) is 33.0 Å². The van der Waals surface area contributed by atoms with Crippen molar-refractivity contribution in [3.63, 3.8) is 0 Å². The summed E-state index contributed by atoms with van der Waals surface area (Å²) < 4.78 is 77.5. The van der Waals surface area contributed by atoms with Crippen LogP contribution in [0.4, 0.5) is 26.3 Å². The number of ketones is 1. The number of aromatic nitrogens is 4. The highest BCUT2D eigenvalue weighted by Crippen LogP contribution is 2.32. The fraction of sp³-hybridized carbons (Fsp3) is 0.176. The van der Waals surface area contributed by atoms with E-state index in [1.54, 1.807) is 0 Å². The monoisotopic (exact) mass is 415 g/mol. The number of alkyl halides is 6. The lowest BCUT2D eigenvalue weighted by atomic mass is 10.0. The van der Waals surface area contributed by atoms with E-state index in [2.05, 4.69) is 15.1 Å². The van der Waals surface area contributed by atoms with Gasteiger partial charge in [0, 0.05) is 23.8 Å². The smallest absolute Gasteiger partial charge is 0.433 e. The highest BCUT2D eigenvalue weighted by atomic mass is 19.4. The summed E-state index contributed by atoms with van der Waals surface area (Å²) in [5.74, 6) is -2.13. The second-order valence-electron chi connectivity index (χ2n) is 5.83. The molecule has 0 atom stereocenters. The Hall–Kier alpha value is -3.44. The van der Waals surface area contributed by atoms with Crippen molar-refractivity contribution < 1.29 is 36.2 Å². The molecule has 6 nitrogen and oxygen atoms in total. The quantitative estimate of drug-likeness (QED) is 0.484. The maximum atomic E-state index is 12.8. The fourth-order valence-corrected chi connectivity index (χ4v) is 2.52. The summed E-state index contributed by atoms with van der Waals surface area (Å²) in [6, 6.07) is 3.11. The molecule has 0 aliphatic rings. The number of nitrogens with zero attached hydrogens (tertiary/aromatic N) is 4. The first-order chi connectivity index (χ1) is 13.4. The van der Waals surface area contributed by atoms with Crippen LogP contribution in [-0.2, 0) is 12.4 Å². The number of hydrogen-bond donors (Lipinski definition) is 0. The average molecular weight is 415 g/mol. The Bertz CT molecular complexity index is 1090. The van der Waals surface area contributed by atoms with Crippen molar-refractivity contribution >= 4 is 5.78 Å². The van der Waals surface area contributed by atoms with Crippen molar-refractivity contribution in [3.05, 3.63) is 64.9 Å². The van der Waals surface area contributed by atoms with E-state index in [9.17, 15) is 36.2 Å². The summed E-state index contributed by atoms with van der Waals surface area (Å²) in [6.07, 6.45) is -8.00. The van der Waals surface area contributed by atoms with Gasteiger partial charge in [0.25, 0.3) is 0 Å². The van der Waals surface area contributed by atoms with E-state index in [0.717, 1.165) is 24.5 Å². The minimum absolute atomic E-state index is 0.157. The highest BCUT2D eigenvalue weighted by Gasteiger charge is 2.34. The van der Waals surface area contributed by atoms with E-state index < -0.39 is 46.5 Å². The molecule has 3 heterocycles. The van der Waals surface area contributed by atoms with Gasteiger partial charge >= 0.3 is 12.4 Å². The normalized spacial score (nSPS) is 12.2. The van der Waals surface area contributed by atoms with Gasteiger partial charge in [-0.25, -0.2) is 4.68 Å². The van der Waals surface area contributed by atoms with Crippen molar-refractivity contribution in [3.8, 4) is 11.6 Å². The molecular weight excluding hydrogens is 406 g/mol. The molecule has 0 bridgehead atoms. The Kier molecular flexibility index (Phi) is 4.81. The summed E-state index contributed by atoms with van der Waals surface area (Å²) >= 11 is 0. The van der Waals surface area contributed by atoms with Crippen molar-refractivity contribution in [2.45, 2.75) is 19.3 Å². The van der Waals surface area contributed by atoms with Crippen LogP contribution >= 0.6 is 0 Å². The van der Waals surface area contributed by atoms with Crippen LogP contribution in [0.25, 0.3) is 5.69 Å². The molecular formula is C17H9F6N4O2-. The molecule has 152 valence electrons. The first kappa shape index (κ1) is 20.3. The van der Waals surface area contributed by atoms with Crippen molar-refractivity contribution in [1.82, 2.24) is 19.7 Å². The number of aryl methyl sites for hydroxylation is 1. The molecule has 0 radical (unpaired) electrons. The Morgan fingerprint density at radius 3 is 2.10 bits per heavy atom. The number of rotatable bonds is 3. The summed E-state index contributed by atoms with van der Waals surface area (Å²) in [4.78, 5) is 18.9. The predicted octanol–water partition coefficient (Wildman–Crippen LogP) is 3.31. The van der Waals surface area contributed by atoms with Crippen molar-refractivity contribution in [1.29, 1.82) is 0 Å². The van der Waals surface area contributed by atoms with Crippen LogP contribution in [0.5, 0.6) is 5.88 Å².